The van der Waals surface area contributed by atoms with E-state index in [4.69, 9.17) is 4.42 Å². The molecule has 0 aliphatic rings. The van der Waals surface area contributed by atoms with Gasteiger partial charge in [0.25, 0.3) is 5.91 Å². The van der Waals surface area contributed by atoms with Crippen LogP contribution in [0.15, 0.2) is 65.7 Å². The molecule has 28 heavy (non-hydrogen) atoms. The Kier molecular flexibility index (Phi) is 4.63. The van der Waals surface area contributed by atoms with Crippen LogP contribution in [0.1, 0.15) is 10.4 Å². The van der Waals surface area contributed by atoms with Gasteiger partial charge < -0.3 is 14.5 Å². The Labute approximate surface area is 157 Å². The van der Waals surface area contributed by atoms with Crippen LogP contribution in [0.4, 0.5) is 14.6 Å². The number of halogens is 2. The number of nitrogens with zero attached hydrogens (tertiary/aromatic N) is 3. The predicted octanol–water partition coefficient (Wildman–Crippen LogP) is 4.14. The molecule has 0 saturated carbocycles. The van der Waals surface area contributed by atoms with Crippen molar-refractivity contribution < 1.29 is 22.7 Å². The van der Waals surface area contributed by atoms with Crippen LogP contribution in [0, 0.1) is 0 Å². The summed E-state index contributed by atoms with van der Waals surface area (Å²) in [6.07, 6.45) is 4.46. The van der Waals surface area contributed by atoms with Crippen molar-refractivity contribution in [3.8, 4) is 17.2 Å². The lowest BCUT2D eigenvalue weighted by molar-refractivity contribution is -0.0498. The Morgan fingerprint density at radius 1 is 1.11 bits per heavy atom. The SMILES string of the molecule is O=C(Nc1cc2nc(-c3cnco3)ccc2cn1)c1ccc(OC(F)F)cc1. The first-order chi connectivity index (χ1) is 13.6. The van der Waals surface area contributed by atoms with Gasteiger partial charge in [0.15, 0.2) is 12.2 Å². The number of alkyl halides is 2. The number of fused-ring (bicyclic) bond motifs is 1. The van der Waals surface area contributed by atoms with E-state index in [2.05, 4.69) is 25.0 Å². The molecular formula is C19H12F2N4O3. The van der Waals surface area contributed by atoms with Crippen LogP contribution in [0.2, 0.25) is 0 Å². The summed E-state index contributed by atoms with van der Waals surface area (Å²) in [5.74, 6) is 0.351. The zero-order chi connectivity index (χ0) is 19.5. The van der Waals surface area contributed by atoms with Gasteiger partial charge in [-0.1, -0.05) is 0 Å². The average molecular weight is 382 g/mol. The molecule has 0 saturated heterocycles. The topological polar surface area (TPSA) is 90.1 Å². The van der Waals surface area contributed by atoms with Gasteiger partial charge in [0, 0.05) is 23.2 Å². The van der Waals surface area contributed by atoms with Gasteiger partial charge in [0.1, 0.15) is 17.3 Å². The molecule has 0 bridgehead atoms. The number of oxazole rings is 1. The molecule has 0 spiro atoms. The lowest BCUT2D eigenvalue weighted by Crippen LogP contribution is -2.13. The predicted molar refractivity (Wildman–Crippen MR) is 96.1 cm³/mol. The van der Waals surface area contributed by atoms with Crippen molar-refractivity contribution in [2.24, 2.45) is 0 Å². The minimum absolute atomic E-state index is 0.0282. The van der Waals surface area contributed by atoms with Gasteiger partial charge in [0.2, 0.25) is 0 Å². The zero-order valence-corrected chi connectivity index (χ0v) is 14.2. The molecule has 4 rings (SSSR count). The number of ether oxygens (including phenoxy) is 1. The van der Waals surface area contributed by atoms with E-state index in [1.807, 2.05) is 6.07 Å². The summed E-state index contributed by atoms with van der Waals surface area (Å²) < 4.78 is 33.9. The lowest BCUT2D eigenvalue weighted by Gasteiger charge is -2.07. The fourth-order valence-electron chi connectivity index (χ4n) is 2.54. The summed E-state index contributed by atoms with van der Waals surface area (Å²) >= 11 is 0. The molecule has 3 aromatic heterocycles. The Morgan fingerprint density at radius 2 is 1.93 bits per heavy atom. The molecule has 1 aromatic carbocycles. The summed E-state index contributed by atoms with van der Waals surface area (Å²) in [4.78, 5) is 24.9. The van der Waals surface area contributed by atoms with Crippen molar-refractivity contribution in [2.75, 3.05) is 5.32 Å². The highest BCUT2D eigenvalue weighted by atomic mass is 19.3. The highest BCUT2D eigenvalue weighted by Crippen LogP contribution is 2.22. The van der Waals surface area contributed by atoms with Gasteiger partial charge >= 0.3 is 6.61 Å². The van der Waals surface area contributed by atoms with Crippen LogP contribution < -0.4 is 10.1 Å². The third-order valence-corrected chi connectivity index (χ3v) is 3.84. The van der Waals surface area contributed by atoms with Gasteiger partial charge in [0.05, 0.1) is 11.7 Å². The van der Waals surface area contributed by atoms with E-state index in [-0.39, 0.29) is 11.3 Å². The Morgan fingerprint density at radius 3 is 2.64 bits per heavy atom. The highest BCUT2D eigenvalue weighted by molar-refractivity contribution is 6.04. The second kappa shape index (κ2) is 7.39. The minimum Gasteiger partial charge on any atom is -0.442 e. The van der Waals surface area contributed by atoms with Crippen molar-refractivity contribution in [3.05, 3.63) is 66.8 Å². The average Bonchev–Trinajstić information content (AvgIpc) is 3.22. The first-order valence-electron chi connectivity index (χ1n) is 8.10. The van der Waals surface area contributed by atoms with Crippen molar-refractivity contribution >= 4 is 22.6 Å². The van der Waals surface area contributed by atoms with Crippen LogP contribution in [0.3, 0.4) is 0 Å². The zero-order valence-electron chi connectivity index (χ0n) is 14.2. The molecule has 9 heteroatoms. The van der Waals surface area contributed by atoms with E-state index in [1.165, 1.54) is 30.7 Å². The Hall–Kier alpha value is -3.88. The maximum absolute atomic E-state index is 12.4. The van der Waals surface area contributed by atoms with Crippen LogP contribution in [-0.4, -0.2) is 27.5 Å². The summed E-state index contributed by atoms with van der Waals surface area (Å²) in [5.41, 5.74) is 1.48. The molecule has 3 heterocycles. The van der Waals surface area contributed by atoms with Crippen molar-refractivity contribution in [3.63, 3.8) is 0 Å². The van der Waals surface area contributed by atoms with Gasteiger partial charge in [-0.25, -0.2) is 15.0 Å². The van der Waals surface area contributed by atoms with Gasteiger partial charge in [-0.3, -0.25) is 4.79 Å². The summed E-state index contributed by atoms with van der Waals surface area (Å²) in [5, 5.41) is 3.44. The van der Waals surface area contributed by atoms with E-state index in [0.29, 0.717) is 22.8 Å². The number of amides is 1. The first-order valence-corrected chi connectivity index (χ1v) is 8.10. The molecule has 0 aliphatic carbocycles. The number of pyridine rings is 2. The van der Waals surface area contributed by atoms with E-state index in [1.54, 1.807) is 24.5 Å². The molecule has 0 atom stereocenters. The van der Waals surface area contributed by atoms with E-state index >= 15 is 0 Å². The van der Waals surface area contributed by atoms with Crippen molar-refractivity contribution in [1.29, 1.82) is 0 Å². The van der Waals surface area contributed by atoms with Crippen LogP contribution in [0.25, 0.3) is 22.4 Å². The van der Waals surface area contributed by atoms with Crippen LogP contribution in [0.5, 0.6) is 5.75 Å². The normalized spacial score (nSPS) is 11.0. The van der Waals surface area contributed by atoms with Crippen molar-refractivity contribution in [2.45, 2.75) is 6.61 Å². The molecule has 140 valence electrons. The fraction of sp³-hybridized carbons (Fsp3) is 0.0526. The fourth-order valence-corrected chi connectivity index (χ4v) is 2.54. The molecular weight excluding hydrogens is 370 g/mol. The van der Waals surface area contributed by atoms with E-state index < -0.39 is 12.5 Å². The molecule has 4 aromatic rings. The first kappa shape index (κ1) is 17.5. The van der Waals surface area contributed by atoms with E-state index in [9.17, 15) is 13.6 Å². The second-order valence-corrected chi connectivity index (χ2v) is 5.68. The monoisotopic (exact) mass is 382 g/mol. The summed E-state index contributed by atoms with van der Waals surface area (Å²) in [6, 6.07) is 10.6. The van der Waals surface area contributed by atoms with Crippen LogP contribution in [-0.2, 0) is 0 Å². The maximum atomic E-state index is 12.4. The summed E-state index contributed by atoms with van der Waals surface area (Å²) in [6.45, 7) is -2.92. The van der Waals surface area contributed by atoms with Crippen molar-refractivity contribution in [1.82, 2.24) is 15.0 Å². The molecule has 0 unspecified atom stereocenters. The number of benzene rings is 1. The Balaban J connectivity index is 1.54. The number of hydrogen-bond donors (Lipinski definition) is 1. The quantitative estimate of drug-likeness (QED) is 0.558. The molecule has 0 aliphatic heterocycles. The van der Waals surface area contributed by atoms with Gasteiger partial charge in [-0.2, -0.15) is 8.78 Å². The number of hydrogen-bond acceptors (Lipinski definition) is 6. The van der Waals surface area contributed by atoms with Crippen LogP contribution >= 0.6 is 0 Å². The number of nitrogens with one attached hydrogen (secondary N) is 1. The van der Waals surface area contributed by atoms with E-state index in [0.717, 1.165) is 5.39 Å². The highest BCUT2D eigenvalue weighted by Gasteiger charge is 2.11. The number of rotatable bonds is 5. The standard InChI is InChI=1S/C19H12F2N4O3/c20-19(21)28-13-4-1-11(2-5-13)18(26)25-17-7-15-12(8-23-17)3-6-14(24-15)16-9-22-10-27-16/h1-10,19H,(H,23,25,26). The molecule has 1 N–H and O–H groups in total. The number of aromatic nitrogens is 3. The molecule has 7 nitrogen and oxygen atoms in total. The van der Waals surface area contributed by atoms with Gasteiger partial charge in [-0.15, -0.1) is 0 Å². The van der Waals surface area contributed by atoms with Gasteiger partial charge in [-0.05, 0) is 36.4 Å². The molecule has 0 radical (unpaired) electrons. The number of carbonyl (C=O) groups excluding carboxylic acids is 1. The molecule has 1 amide bonds. The maximum Gasteiger partial charge on any atom is 0.387 e. The Bertz CT molecular complexity index is 1120. The number of anilines is 1. The largest absolute Gasteiger partial charge is 0.442 e. The third kappa shape index (κ3) is 3.78. The summed E-state index contributed by atoms with van der Waals surface area (Å²) in [7, 11) is 0. The lowest BCUT2D eigenvalue weighted by atomic mass is 10.2. The molecule has 0 fully saturated rings. The number of carbonyl (C=O) groups is 1. The third-order valence-electron chi connectivity index (χ3n) is 3.84. The second-order valence-electron chi connectivity index (χ2n) is 5.68. The smallest absolute Gasteiger partial charge is 0.387 e. The minimum atomic E-state index is -2.92.